The molecule has 0 atom stereocenters. The van der Waals surface area contributed by atoms with Crippen molar-refractivity contribution in [2.24, 2.45) is 5.41 Å². The fourth-order valence-electron chi connectivity index (χ4n) is 3.21. The molecular weight excluding hydrogens is 262 g/mol. The zero-order valence-corrected chi connectivity index (χ0v) is 12.9. The highest BCUT2D eigenvalue weighted by Gasteiger charge is 2.40. The molecule has 2 rings (SSSR count). The third-order valence-electron chi connectivity index (χ3n) is 4.41. The summed E-state index contributed by atoms with van der Waals surface area (Å²) in [6, 6.07) is 9.38. The van der Waals surface area contributed by atoms with Gasteiger partial charge in [-0.3, -0.25) is 4.79 Å². The Bertz CT molecular complexity index is 536. The molecule has 1 heterocycles. The normalized spacial score (nSPS) is 17.0. The number of nitrogens with zero attached hydrogens (tertiary/aromatic N) is 2. The summed E-state index contributed by atoms with van der Waals surface area (Å²) in [5, 5.41) is 12.3. The quantitative estimate of drug-likeness (QED) is 0.925. The molecule has 1 N–H and O–H groups in total. The van der Waals surface area contributed by atoms with E-state index < -0.39 is 0 Å². The predicted molar refractivity (Wildman–Crippen MR) is 84.0 cm³/mol. The van der Waals surface area contributed by atoms with Gasteiger partial charge in [-0.05, 0) is 50.6 Å². The van der Waals surface area contributed by atoms with E-state index in [1.807, 2.05) is 19.2 Å². The number of nitriles is 1. The summed E-state index contributed by atoms with van der Waals surface area (Å²) in [5.74, 6) is 0.181. The van der Waals surface area contributed by atoms with E-state index in [0.29, 0.717) is 5.56 Å². The van der Waals surface area contributed by atoms with Crippen LogP contribution < -0.4 is 10.2 Å². The van der Waals surface area contributed by atoms with Crippen LogP contribution in [0.15, 0.2) is 24.3 Å². The Labute approximate surface area is 126 Å². The maximum atomic E-state index is 13.0. The molecule has 112 valence electrons. The highest BCUT2D eigenvalue weighted by Crippen LogP contribution is 2.37. The number of carbonyl (C=O) groups is 1. The monoisotopic (exact) mass is 285 g/mol. The highest BCUT2D eigenvalue weighted by atomic mass is 16.2. The van der Waals surface area contributed by atoms with E-state index in [4.69, 9.17) is 5.26 Å². The molecule has 0 radical (unpaired) electrons. The van der Waals surface area contributed by atoms with E-state index >= 15 is 0 Å². The van der Waals surface area contributed by atoms with Crippen LogP contribution in [-0.4, -0.2) is 26.0 Å². The third-order valence-corrected chi connectivity index (χ3v) is 4.41. The summed E-state index contributed by atoms with van der Waals surface area (Å²) < 4.78 is 0. The lowest BCUT2D eigenvalue weighted by molar-refractivity contribution is -0.130. The number of amides is 1. The van der Waals surface area contributed by atoms with Crippen LogP contribution in [0.5, 0.6) is 0 Å². The van der Waals surface area contributed by atoms with E-state index in [1.54, 1.807) is 17.0 Å². The number of nitrogens with one attached hydrogen (secondary N) is 1. The molecule has 1 aromatic carbocycles. The summed E-state index contributed by atoms with van der Waals surface area (Å²) in [6.45, 7) is 3.93. The largest absolute Gasteiger partial charge is 0.317 e. The minimum absolute atomic E-state index is 0.181. The van der Waals surface area contributed by atoms with E-state index in [0.717, 1.165) is 44.5 Å². The smallest absolute Gasteiger partial charge is 0.233 e. The van der Waals surface area contributed by atoms with Gasteiger partial charge in [-0.1, -0.05) is 19.4 Å². The van der Waals surface area contributed by atoms with Crippen molar-refractivity contribution >= 4 is 11.6 Å². The second-order valence-corrected chi connectivity index (χ2v) is 5.81. The van der Waals surface area contributed by atoms with Crippen molar-refractivity contribution < 1.29 is 4.79 Å². The zero-order valence-electron chi connectivity index (χ0n) is 12.9. The average molecular weight is 285 g/mol. The minimum Gasteiger partial charge on any atom is -0.317 e. The van der Waals surface area contributed by atoms with Crippen LogP contribution in [0.2, 0.25) is 0 Å². The lowest BCUT2D eigenvalue weighted by Gasteiger charge is -2.39. The zero-order chi connectivity index (χ0) is 15.3. The lowest BCUT2D eigenvalue weighted by atomic mass is 9.74. The van der Waals surface area contributed by atoms with Gasteiger partial charge in [0.1, 0.15) is 0 Å². The number of carbonyl (C=O) groups excluding carboxylic acids is 1. The molecule has 21 heavy (non-hydrogen) atoms. The summed E-state index contributed by atoms with van der Waals surface area (Å²) >= 11 is 0. The molecule has 0 unspecified atom stereocenters. The Morgan fingerprint density at radius 3 is 2.76 bits per heavy atom. The Morgan fingerprint density at radius 1 is 1.43 bits per heavy atom. The van der Waals surface area contributed by atoms with Crippen LogP contribution in [0.1, 0.15) is 38.2 Å². The predicted octanol–water partition coefficient (Wildman–Crippen LogP) is 2.69. The van der Waals surface area contributed by atoms with E-state index in [-0.39, 0.29) is 11.3 Å². The Kier molecular flexibility index (Phi) is 4.98. The number of piperidine rings is 1. The first-order valence-corrected chi connectivity index (χ1v) is 7.62. The molecule has 0 spiro atoms. The molecule has 1 fully saturated rings. The molecule has 4 heteroatoms. The third kappa shape index (κ3) is 3.25. The first-order chi connectivity index (χ1) is 10.1. The maximum absolute atomic E-state index is 13.0. The van der Waals surface area contributed by atoms with Crippen molar-refractivity contribution in [2.75, 3.05) is 25.0 Å². The van der Waals surface area contributed by atoms with Gasteiger partial charge in [0.25, 0.3) is 0 Å². The molecule has 1 amide bonds. The summed E-state index contributed by atoms with van der Waals surface area (Å²) in [6.07, 6.45) is 3.72. The van der Waals surface area contributed by atoms with Gasteiger partial charge in [0.15, 0.2) is 0 Å². The van der Waals surface area contributed by atoms with Gasteiger partial charge in [0.2, 0.25) is 5.91 Å². The molecule has 0 aliphatic carbocycles. The van der Waals surface area contributed by atoms with Gasteiger partial charge in [0, 0.05) is 12.7 Å². The minimum atomic E-state index is -0.253. The molecule has 0 aromatic heterocycles. The first kappa shape index (κ1) is 15.5. The van der Waals surface area contributed by atoms with Crippen molar-refractivity contribution in [1.82, 2.24) is 5.32 Å². The van der Waals surface area contributed by atoms with Crippen molar-refractivity contribution in [2.45, 2.75) is 32.6 Å². The highest BCUT2D eigenvalue weighted by molar-refractivity contribution is 5.97. The number of hydrogen-bond acceptors (Lipinski definition) is 3. The summed E-state index contributed by atoms with van der Waals surface area (Å²) in [4.78, 5) is 14.7. The molecule has 0 bridgehead atoms. The first-order valence-electron chi connectivity index (χ1n) is 7.62. The van der Waals surface area contributed by atoms with Gasteiger partial charge in [-0.15, -0.1) is 0 Å². The number of hydrogen-bond donors (Lipinski definition) is 1. The molecule has 1 aliphatic heterocycles. The molecular formula is C17H23N3O. The van der Waals surface area contributed by atoms with Gasteiger partial charge in [0.05, 0.1) is 17.0 Å². The van der Waals surface area contributed by atoms with Crippen LogP contribution in [0.4, 0.5) is 5.69 Å². The SMILES string of the molecule is CCCC1(C(=O)N(C)c2cccc(C#N)c2)CCNCC1. The fraction of sp³-hybridized carbons (Fsp3) is 0.529. The van der Waals surface area contributed by atoms with Crippen LogP contribution >= 0.6 is 0 Å². The van der Waals surface area contributed by atoms with Crippen LogP contribution in [0, 0.1) is 16.7 Å². The summed E-state index contributed by atoms with van der Waals surface area (Å²) in [7, 11) is 1.82. The van der Waals surface area contributed by atoms with E-state index in [9.17, 15) is 4.79 Å². The molecule has 1 saturated heterocycles. The molecule has 4 nitrogen and oxygen atoms in total. The van der Waals surface area contributed by atoms with E-state index in [2.05, 4.69) is 18.3 Å². The Hall–Kier alpha value is -1.86. The van der Waals surface area contributed by atoms with Crippen molar-refractivity contribution in [3.05, 3.63) is 29.8 Å². The van der Waals surface area contributed by atoms with Crippen molar-refractivity contribution in [1.29, 1.82) is 5.26 Å². The number of anilines is 1. The van der Waals surface area contributed by atoms with Crippen molar-refractivity contribution in [3.8, 4) is 6.07 Å². The lowest BCUT2D eigenvalue weighted by Crippen LogP contribution is -2.48. The standard InChI is InChI=1S/C17H23N3O/c1-3-7-17(8-10-19-11-9-17)16(21)20(2)15-6-4-5-14(12-15)13-18/h4-6,12,19H,3,7-11H2,1-2H3. The van der Waals surface area contributed by atoms with Crippen molar-refractivity contribution in [3.63, 3.8) is 0 Å². The molecule has 1 aliphatic rings. The fourth-order valence-corrected chi connectivity index (χ4v) is 3.21. The summed E-state index contributed by atoms with van der Waals surface area (Å²) in [5.41, 5.74) is 1.13. The van der Waals surface area contributed by atoms with Gasteiger partial charge >= 0.3 is 0 Å². The van der Waals surface area contributed by atoms with Crippen LogP contribution in [0.25, 0.3) is 0 Å². The Morgan fingerprint density at radius 2 is 2.14 bits per heavy atom. The van der Waals surface area contributed by atoms with Crippen LogP contribution in [-0.2, 0) is 4.79 Å². The topological polar surface area (TPSA) is 56.1 Å². The Balaban J connectivity index is 2.25. The van der Waals surface area contributed by atoms with Gasteiger partial charge in [-0.2, -0.15) is 5.26 Å². The number of rotatable bonds is 4. The maximum Gasteiger partial charge on any atom is 0.233 e. The average Bonchev–Trinajstić information content (AvgIpc) is 2.54. The van der Waals surface area contributed by atoms with E-state index in [1.165, 1.54) is 0 Å². The number of benzene rings is 1. The van der Waals surface area contributed by atoms with Gasteiger partial charge in [-0.25, -0.2) is 0 Å². The second kappa shape index (κ2) is 6.73. The van der Waals surface area contributed by atoms with Gasteiger partial charge < -0.3 is 10.2 Å². The second-order valence-electron chi connectivity index (χ2n) is 5.81. The van der Waals surface area contributed by atoms with Crippen LogP contribution in [0.3, 0.4) is 0 Å². The molecule has 0 saturated carbocycles. The molecule has 1 aromatic rings.